The van der Waals surface area contributed by atoms with Crippen LogP contribution in [0.25, 0.3) is 10.2 Å². The first-order valence-corrected chi connectivity index (χ1v) is 8.15. The minimum Gasteiger partial charge on any atom is -0.319 e. The first-order chi connectivity index (χ1) is 11.4. The van der Waals surface area contributed by atoms with E-state index >= 15 is 0 Å². The van der Waals surface area contributed by atoms with Crippen LogP contribution in [0.5, 0.6) is 0 Å². The van der Waals surface area contributed by atoms with Crippen LogP contribution >= 0.6 is 22.9 Å². The van der Waals surface area contributed by atoms with Gasteiger partial charge in [-0.3, -0.25) is 14.9 Å². The zero-order valence-corrected chi connectivity index (χ0v) is 14.4. The monoisotopic (exact) mass is 361 g/mol. The van der Waals surface area contributed by atoms with Gasteiger partial charge in [0.15, 0.2) is 4.80 Å². The Morgan fingerprint density at radius 2 is 2.04 bits per heavy atom. The molecule has 0 atom stereocenters. The summed E-state index contributed by atoms with van der Waals surface area (Å²) in [6, 6.07) is 9.78. The van der Waals surface area contributed by atoms with Crippen LogP contribution in [0, 0.1) is 17.0 Å². The van der Waals surface area contributed by atoms with Gasteiger partial charge in [0.1, 0.15) is 5.56 Å². The van der Waals surface area contributed by atoms with E-state index in [1.54, 1.807) is 11.6 Å². The molecule has 0 fully saturated rings. The van der Waals surface area contributed by atoms with Crippen LogP contribution in [-0.4, -0.2) is 15.4 Å². The summed E-state index contributed by atoms with van der Waals surface area (Å²) in [6.07, 6.45) is 0. The van der Waals surface area contributed by atoms with Gasteiger partial charge in [-0.15, -0.1) is 0 Å². The van der Waals surface area contributed by atoms with E-state index in [1.807, 2.05) is 25.1 Å². The van der Waals surface area contributed by atoms with Crippen molar-refractivity contribution in [2.45, 2.75) is 6.92 Å². The number of thiazole rings is 1. The van der Waals surface area contributed by atoms with Gasteiger partial charge in [-0.25, -0.2) is 0 Å². The molecule has 24 heavy (non-hydrogen) atoms. The van der Waals surface area contributed by atoms with Crippen LogP contribution in [-0.2, 0) is 7.05 Å². The van der Waals surface area contributed by atoms with E-state index in [9.17, 15) is 14.9 Å². The third kappa shape index (κ3) is 2.95. The molecule has 0 aliphatic carbocycles. The zero-order chi connectivity index (χ0) is 17.4. The molecule has 0 spiro atoms. The van der Waals surface area contributed by atoms with Crippen molar-refractivity contribution in [3.05, 3.63) is 67.5 Å². The van der Waals surface area contributed by atoms with Crippen LogP contribution in [0.15, 0.2) is 41.4 Å². The highest BCUT2D eigenvalue weighted by Gasteiger charge is 2.20. The average molecular weight is 362 g/mol. The molecule has 0 N–H and O–H groups in total. The summed E-state index contributed by atoms with van der Waals surface area (Å²) in [6.45, 7) is 1.98. The third-order valence-electron chi connectivity index (χ3n) is 3.55. The number of fused-ring (bicyclic) bond motifs is 1. The Kier molecular flexibility index (Phi) is 4.21. The number of nitro groups is 1. The lowest BCUT2D eigenvalue weighted by atomic mass is 10.2. The number of nitrogens with zero attached hydrogens (tertiary/aromatic N) is 3. The molecule has 8 heteroatoms. The summed E-state index contributed by atoms with van der Waals surface area (Å²) in [5, 5.41) is 11.3. The summed E-state index contributed by atoms with van der Waals surface area (Å²) < 4.78 is 2.78. The van der Waals surface area contributed by atoms with E-state index in [2.05, 4.69) is 4.99 Å². The molecule has 6 nitrogen and oxygen atoms in total. The molecular weight excluding hydrogens is 350 g/mol. The minimum absolute atomic E-state index is 0.124. The summed E-state index contributed by atoms with van der Waals surface area (Å²) in [5.74, 6) is -0.692. The molecule has 3 rings (SSSR count). The number of carbonyl (C=O) groups excluding carboxylic acids is 1. The minimum atomic E-state index is -0.692. The Morgan fingerprint density at radius 1 is 1.29 bits per heavy atom. The average Bonchev–Trinajstić information content (AvgIpc) is 2.82. The van der Waals surface area contributed by atoms with Crippen LogP contribution in [0.2, 0.25) is 5.02 Å². The van der Waals surface area contributed by atoms with Crippen molar-refractivity contribution in [2.75, 3.05) is 0 Å². The number of nitro benzene ring substituents is 1. The maximum atomic E-state index is 12.5. The Hall–Kier alpha value is -2.51. The Morgan fingerprint density at radius 3 is 2.75 bits per heavy atom. The number of halogens is 1. The lowest BCUT2D eigenvalue weighted by Gasteiger charge is -1.99. The fourth-order valence-electron chi connectivity index (χ4n) is 2.33. The smallest absolute Gasteiger partial charge is 0.286 e. The molecule has 0 radical (unpaired) electrons. The SMILES string of the molecule is Cc1ccc2c(c1)sc(=NC(=O)c1cc(Cl)ccc1[N+](=O)[O-])n2C. The first kappa shape index (κ1) is 16.4. The van der Waals surface area contributed by atoms with Gasteiger partial charge in [0.25, 0.3) is 11.6 Å². The topological polar surface area (TPSA) is 77.5 Å². The van der Waals surface area contributed by atoms with Gasteiger partial charge in [-0.2, -0.15) is 4.99 Å². The molecule has 0 saturated heterocycles. The van der Waals surface area contributed by atoms with Gasteiger partial charge in [-0.05, 0) is 36.8 Å². The van der Waals surface area contributed by atoms with Crippen molar-refractivity contribution >= 4 is 44.7 Å². The van der Waals surface area contributed by atoms with E-state index in [0.717, 1.165) is 15.8 Å². The summed E-state index contributed by atoms with van der Waals surface area (Å²) in [4.78, 5) is 27.5. The van der Waals surface area contributed by atoms with E-state index in [1.165, 1.54) is 29.5 Å². The molecule has 0 aliphatic heterocycles. The van der Waals surface area contributed by atoms with Crippen LogP contribution in [0.1, 0.15) is 15.9 Å². The summed E-state index contributed by atoms with van der Waals surface area (Å²) in [5.41, 5.74) is 1.61. The van der Waals surface area contributed by atoms with E-state index in [-0.39, 0.29) is 16.3 Å². The second-order valence-corrected chi connectivity index (χ2v) is 6.70. The highest BCUT2D eigenvalue weighted by molar-refractivity contribution is 7.16. The van der Waals surface area contributed by atoms with E-state index < -0.39 is 10.8 Å². The molecule has 0 saturated carbocycles. The zero-order valence-electron chi connectivity index (χ0n) is 12.8. The molecule has 0 aliphatic rings. The fourth-order valence-corrected chi connectivity index (χ4v) is 3.62. The van der Waals surface area contributed by atoms with Crippen LogP contribution in [0.4, 0.5) is 5.69 Å². The molecule has 0 bridgehead atoms. The normalized spacial score (nSPS) is 11.9. The number of hydrogen-bond acceptors (Lipinski definition) is 4. The molecule has 122 valence electrons. The highest BCUT2D eigenvalue weighted by atomic mass is 35.5. The largest absolute Gasteiger partial charge is 0.319 e. The molecule has 0 unspecified atom stereocenters. The standard InChI is InChI=1S/C16H12ClN3O3S/c1-9-3-5-13-14(7-9)24-16(19(13)2)18-15(21)11-8-10(17)4-6-12(11)20(22)23/h3-8H,1-2H3. The van der Waals surface area contributed by atoms with Crippen molar-refractivity contribution in [2.24, 2.45) is 12.0 Å². The van der Waals surface area contributed by atoms with Gasteiger partial charge in [0.2, 0.25) is 0 Å². The second kappa shape index (κ2) is 6.18. The molecule has 2 aromatic carbocycles. The fraction of sp³-hybridized carbons (Fsp3) is 0.125. The van der Waals surface area contributed by atoms with Crippen molar-refractivity contribution in [1.29, 1.82) is 0 Å². The van der Waals surface area contributed by atoms with Crippen molar-refractivity contribution in [3.8, 4) is 0 Å². The lowest BCUT2D eigenvalue weighted by molar-refractivity contribution is -0.385. The molecule has 1 heterocycles. The maximum absolute atomic E-state index is 12.5. The van der Waals surface area contributed by atoms with Crippen molar-refractivity contribution in [3.63, 3.8) is 0 Å². The lowest BCUT2D eigenvalue weighted by Crippen LogP contribution is -2.14. The Labute approximate surface area is 145 Å². The number of rotatable bonds is 2. The molecular formula is C16H12ClN3O3S. The first-order valence-electron chi connectivity index (χ1n) is 6.96. The Balaban J connectivity index is 2.16. The van der Waals surface area contributed by atoms with Crippen molar-refractivity contribution in [1.82, 2.24) is 4.57 Å². The van der Waals surface area contributed by atoms with Gasteiger partial charge in [0, 0.05) is 18.1 Å². The molecule has 1 amide bonds. The maximum Gasteiger partial charge on any atom is 0.286 e. The highest BCUT2D eigenvalue weighted by Crippen LogP contribution is 2.24. The predicted molar refractivity (Wildman–Crippen MR) is 93.5 cm³/mol. The summed E-state index contributed by atoms with van der Waals surface area (Å²) in [7, 11) is 1.80. The van der Waals surface area contributed by atoms with E-state index in [0.29, 0.717) is 4.80 Å². The number of amides is 1. The summed E-state index contributed by atoms with van der Waals surface area (Å²) >= 11 is 7.21. The number of carbonyl (C=O) groups is 1. The van der Waals surface area contributed by atoms with E-state index in [4.69, 9.17) is 11.6 Å². The van der Waals surface area contributed by atoms with Crippen LogP contribution < -0.4 is 4.80 Å². The Bertz CT molecular complexity index is 1050. The van der Waals surface area contributed by atoms with Crippen molar-refractivity contribution < 1.29 is 9.72 Å². The second-order valence-electron chi connectivity index (χ2n) is 5.25. The number of aryl methyl sites for hydroxylation is 2. The molecule has 3 aromatic rings. The van der Waals surface area contributed by atoms with Gasteiger partial charge in [0.05, 0.1) is 15.1 Å². The predicted octanol–water partition coefficient (Wildman–Crippen LogP) is 3.85. The third-order valence-corrected chi connectivity index (χ3v) is 4.88. The number of hydrogen-bond donors (Lipinski definition) is 0. The number of benzene rings is 2. The van der Waals surface area contributed by atoms with Gasteiger partial charge >= 0.3 is 0 Å². The van der Waals surface area contributed by atoms with Gasteiger partial charge in [-0.1, -0.05) is 29.0 Å². The quantitative estimate of drug-likeness (QED) is 0.513. The van der Waals surface area contributed by atoms with Gasteiger partial charge < -0.3 is 4.57 Å². The van der Waals surface area contributed by atoms with Crippen LogP contribution in [0.3, 0.4) is 0 Å². The number of aromatic nitrogens is 1. The molecule has 1 aromatic heterocycles.